The fourth-order valence-corrected chi connectivity index (χ4v) is 1.40. The van der Waals surface area contributed by atoms with E-state index in [9.17, 15) is 0 Å². The predicted octanol–water partition coefficient (Wildman–Crippen LogP) is 1.30. The van der Waals surface area contributed by atoms with Crippen molar-refractivity contribution in [2.24, 2.45) is 11.7 Å². The minimum absolute atomic E-state index is 0.154. The number of hydrogen-bond donors (Lipinski definition) is 1. The average Bonchev–Trinajstić information content (AvgIpc) is 2.87. The summed E-state index contributed by atoms with van der Waals surface area (Å²) in [7, 11) is 0. The summed E-state index contributed by atoms with van der Waals surface area (Å²) in [6.07, 6.45) is 5.25. The summed E-state index contributed by atoms with van der Waals surface area (Å²) < 4.78 is 5.14. The summed E-state index contributed by atoms with van der Waals surface area (Å²) in [4.78, 5) is 4.32. The van der Waals surface area contributed by atoms with Crippen molar-refractivity contribution in [1.82, 2.24) is 10.1 Å². The third kappa shape index (κ3) is 2.54. The molecular weight excluding hydrogens is 178 g/mol. The Kier molecular flexibility index (Phi) is 2.82. The molecule has 0 aliphatic heterocycles. The smallest absolute Gasteiger partial charge is 0.226 e. The molecule has 2 rings (SSSR count). The Bertz CT molecular complexity index is 293. The molecule has 0 amide bonds. The summed E-state index contributed by atoms with van der Waals surface area (Å²) in [6.45, 7) is 2.07. The molecular formula is C10H17N3O. The Labute approximate surface area is 83.9 Å². The summed E-state index contributed by atoms with van der Waals surface area (Å²) in [5, 5.41) is 3.92. The van der Waals surface area contributed by atoms with Gasteiger partial charge in [0.25, 0.3) is 0 Å². The summed E-state index contributed by atoms with van der Waals surface area (Å²) in [5.41, 5.74) is 5.81. The number of nitrogens with zero attached hydrogens (tertiary/aromatic N) is 2. The van der Waals surface area contributed by atoms with Crippen LogP contribution in [0.15, 0.2) is 4.52 Å². The molecule has 0 radical (unpaired) electrons. The van der Waals surface area contributed by atoms with Crippen molar-refractivity contribution < 1.29 is 4.52 Å². The van der Waals surface area contributed by atoms with Crippen LogP contribution in [0.3, 0.4) is 0 Å². The molecule has 1 aromatic heterocycles. The molecule has 1 unspecified atom stereocenters. The molecule has 14 heavy (non-hydrogen) atoms. The summed E-state index contributed by atoms with van der Waals surface area (Å²) in [5.74, 6) is 2.34. The van der Waals surface area contributed by atoms with Crippen molar-refractivity contribution in [3.8, 4) is 0 Å². The summed E-state index contributed by atoms with van der Waals surface area (Å²) in [6, 6.07) is 0.154. The second-order valence-electron chi connectivity index (χ2n) is 4.12. The van der Waals surface area contributed by atoms with Crippen LogP contribution in [-0.4, -0.2) is 16.2 Å². The van der Waals surface area contributed by atoms with Crippen LogP contribution in [0.1, 0.15) is 37.9 Å². The van der Waals surface area contributed by atoms with E-state index in [0.29, 0.717) is 0 Å². The molecule has 4 nitrogen and oxygen atoms in total. The van der Waals surface area contributed by atoms with Crippen LogP contribution < -0.4 is 5.73 Å². The van der Waals surface area contributed by atoms with E-state index in [4.69, 9.17) is 10.3 Å². The van der Waals surface area contributed by atoms with Gasteiger partial charge in [0.1, 0.15) is 0 Å². The Morgan fingerprint density at radius 2 is 2.36 bits per heavy atom. The van der Waals surface area contributed by atoms with Gasteiger partial charge in [0.15, 0.2) is 5.82 Å². The quantitative estimate of drug-likeness (QED) is 0.769. The minimum atomic E-state index is 0.154. The fraction of sp³-hybridized carbons (Fsp3) is 0.800. The minimum Gasteiger partial charge on any atom is -0.339 e. The van der Waals surface area contributed by atoms with Gasteiger partial charge in [-0.3, -0.25) is 0 Å². The fourth-order valence-electron chi connectivity index (χ4n) is 1.40. The van der Waals surface area contributed by atoms with Crippen LogP contribution >= 0.6 is 0 Å². The van der Waals surface area contributed by atoms with Gasteiger partial charge in [-0.05, 0) is 25.2 Å². The zero-order valence-corrected chi connectivity index (χ0v) is 8.57. The van der Waals surface area contributed by atoms with Crippen molar-refractivity contribution in [3.05, 3.63) is 11.7 Å². The van der Waals surface area contributed by atoms with Crippen molar-refractivity contribution in [3.63, 3.8) is 0 Å². The molecule has 1 aliphatic rings. The zero-order chi connectivity index (χ0) is 9.97. The van der Waals surface area contributed by atoms with E-state index < -0.39 is 0 Å². The normalized spacial score (nSPS) is 18.4. The molecule has 1 heterocycles. The van der Waals surface area contributed by atoms with E-state index in [1.54, 1.807) is 0 Å². The highest BCUT2D eigenvalue weighted by molar-refractivity contribution is 4.92. The monoisotopic (exact) mass is 195 g/mol. The van der Waals surface area contributed by atoms with Crippen LogP contribution in [0.5, 0.6) is 0 Å². The Morgan fingerprint density at radius 1 is 1.57 bits per heavy atom. The first kappa shape index (κ1) is 9.65. The first-order valence-corrected chi connectivity index (χ1v) is 5.35. The molecule has 0 bridgehead atoms. The van der Waals surface area contributed by atoms with E-state index in [-0.39, 0.29) is 6.04 Å². The highest BCUT2D eigenvalue weighted by Crippen LogP contribution is 2.31. The standard InChI is InChI=1S/C10H17N3O/c1-2-8(11)6-9-12-10(14-13-9)5-7-3-4-7/h7-8H,2-6,11H2,1H3. The van der Waals surface area contributed by atoms with Crippen LogP contribution in [0, 0.1) is 5.92 Å². The third-order valence-electron chi connectivity index (χ3n) is 2.64. The largest absolute Gasteiger partial charge is 0.339 e. The van der Waals surface area contributed by atoms with Crippen molar-refractivity contribution in [1.29, 1.82) is 0 Å². The van der Waals surface area contributed by atoms with Gasteiger partial charge in [-0.1, -0.05) is 12.1 Å². The van der Waals surface area contributed by atoms with E-state index >= 15 is 0 Å². The number of aromatic nitrogens is 2. The molecule has 1 atom stereocenters. The Hall–Kier alpha value is -0.900. The number of hydrogen-bond acceptors (Lipinski definition) is 4. The van der Waals surface area contributed by atoms with Gasteiger partial charge in [0.05, 0.1) is 0 Å². The highest BCUT2D eigenvalue weighted by atomic mass is 16.5. The third-order valence-corrected chi connectivity index (χ3v) is 2.64. The lowest BCUT2D eigenvalue weighted by atomic mass is 10.2. The molecule has 1 saturated carbocycles. The van der Waals surface area contributed by atoms with Gasteiger partial charge in [0, 0.05) is 18.9 Å². The summed E-state index contributed by atoms with van der Waals surface area (Å²) >= 11 is 0. The average molecular weight is 195 g/mol. The molecule has 0 aromatic carbocycles. The number of nitrogens with two attached hydrogens (primary N) is 1. The second-order valence-corrected chi connectivity index (χ2v) is 4.12. The molecule has 2 N–H and O–H groups in total. The van der Waals surface area contributed by atoms with Crippen molar-refractivity contribution in [2.45, 2.75) is 45.1 Å². The highest BCUT2D eigenvalue weighted by Gasteiger charge is 2.24. The molecule has 4 heteroatoms. The van der Waals surface area contributed by atoms with E-state index in [0.717, 1.165) is 36.9 Å². The van der Waals surface area contributed by atoms with Gasteiger partial charge in [0.2, 0.25) is 5.89 Å². The molecule has 0 spiro atoms. The Balaban J connectivity index is 1.88. The lowest BCUT2D eigenvalue weighted by Crippen LogP contribution is -2.22. The molecule has 0 saturated heterocycles. The lowest BCUT2D eigenvalue weighted by molar-refractivity contribution is 0.366. The van der Waals surface area contributed by atoms with E-state index in [1.165, 1.54) is 12.8 Å². The number of rotatable bonds is 5. The van der Waals surface area contributed by atoms with E-state index in [1.807, 2.05) is 0 Å². The molecule has 1 fully saturated rings. The predicted molar refractivity (Wildman–Crippen MR) is 52.7 cm³/mol. The van der Waals surface area contributed by atoms with Crippen LogP contribution in [-0.2, 0) is 12.8 Å². The van der Waals surface area contributed by atoms with Gasteiger partial charge in [-0.2, -0.15) is 4.98 Å². The maximum atomic E-state index is 5.81. The van der Waals surface area contributed by atoms with Crippen LogP contribution in [0.25, 0.3) is 0 Å². The van der Waals surface area contributed by atoms with E-state index in [2.05, 4.69) is 17.1 Å². The maximum absolute atomic E-state index is 5.81. The van der Waals surface area contributed by atoms with Gasteiger partial charge >= 0.3 is 0 Å². The first-order chi connectivity index (χ1) is 6.78. The molecule has 1 aliphatic carbocycles. The Morgan fingerprint density at radius 3 is 3.00 bits per heavy atom. The lowest BCUT2D eigenvalue weighted by Gasteiger charge is -2.02. The zero-order valence-electron chi connectivity index (χ0n) is 8.57. The van der Waals surface area contributed by atoms with Crippen molar-refractivity contribution >= 4 is 0 Å². The van der Waals surface area contributed by atoms with Crippen LogP contribution in [0.4, 0.5) is 0 Å². The van der Waals surface area contributed by atoms with Gasteiger partial charge < -0.3 is 10.3 Å². The van der Waals surface area contributed by atoms with Gasteiger partial charge in [-0.25, -0.2) is 0 Å². The second kappa shape index (κ2) is 4.09. The van der Waals surface area contributed by atoms with Gasteiger partial charge in [-0.15, -0.1) is 0 Å². The topological polar surface area (TPSA) is 64.9 Å². The first-order valence-electron chi connectivity index (χ1n) is 5.35. The SMILES string of the molecule is CCC(N)Cc1noc(CC2CC2)n1. The molecule has 78 valence electrons. The van der Waals surface area contributed by atoms with Crippen molar-refractivity contribution in [2.75, 3.05) is 0 Å². The maximum Gasteiger partial charge on any atom is 0.226 e. The van der Waals surface area contributed by atoms with Crippen LogP contribution in [0.2, 0.25) is 0 Å². The molecule has 1 aromatic rings.